The molecule has 0 saturated carbocycles. The summed E-state index contributed by atoms with van der Waals surface area (Å²) >= 11 is 0. The Kier molecular flexibility index (Phi) is 9.52. The van der Waals surface area contributed by atoms with Crippen LogP contribution in [0.3, 0.4) is 0 Å². The van der Waals surface area contributed by atoms with E-state index in [-0.39, 0.29) is 11.4 Å². The largest absolute Gasteiger partial charge is 0.481 e. The maximum atomic E-state index is 12.3. The topological polar surface area (TPSA) is 217 Å². The Morgan fingerprint density at radius 2 is 1.77 bits per heavy atom. The van der Waals surface area contributed by atoms with Gasteiger partial charge in [0.15, 0.2) is 0 Å². The summed E-state index contributed by atoms with van der Waals surface area (Å²) in [4.78, 5) is 67.6. The van der Waals surface area contributed by atoms with E-state index in [0.717, 1.165) is 19.1 Å². The molecule has 0 aromatic heterocycles. The van der Waals surface area contributed by atoms with E-state index in [2.05, 4.69) is 15.4 Å². The average Bonchev–Trinajstić information content (AvgIpc) is 2.68. The minimum Gasteiger partial charge on any atom is -0.481 e. The molecular weight excluding hydrogens is 420 g/mol. The van der Waals surface area contributed by atoms with Gasteiger partial charge in [-0.25, -0.2) is 4.79 Å². The fraction of sp³-hybridized carbons (Fsp3) is 0.353. The molecule has 31 heavy (non-hydrogen) atoms. The summed E-state index contributed by atoms with van der Waals surface area (Å²) in [5, 5.41) is 23.6. The third-order valence-electron chi connectivity index (χ3n) is 3.50. The lowest BCUT2D eigenvalue weighted by Gasteiger charge is -2.19. The molecule has 2 atom stereocenters. The molecule has 0 radical (unpaired) electrons. The second kappa shape index (κ2) is 11.8. The van der Waals surface area contributed by atoms with Crippen LogP contribution in [0.1, 0.15) is 13.3 Å². The van der Waals surface area contributed by atoms with Crippen LogP contribution in [0.2, 0.25) is 0 Å². The molecule has 14 heteroatoms. The van der Waals surface area contributed by atoms with Crippen molar-refractivity contribution in [2.75, 3.05) is 13.2 Å². The van der Waals surface area contributed by atoms with Crippen LogP contribution in [-0.4, -0.2) is 65.0 Å². The number of hydrogen-bond acceptors (Lipinski definition) is 10. The number of aliphatic carboxylic acids is 1. The van der Waals surface area contributed by atoms with E-state index in [1.165, 1.54) is 12.1 Å². The number of carboxylic acids is 1. The van der Waals surface area contributed by atoms with E-state index in [0.29, 0.717) is 0 Å². The summed E-state index contributed by atoms with van der Waals surface area (Å²) in [7, 11) is 0. The minimum atomic E-state index is -1.46. The lowest BCUT2D eigenvalue weighted by atomic mass is 10.2. The molecule has 1 aromatic carbocycles. The van der Waals surface area contributed by atoms with E-state index in [9.17, 15) is 34.1 Å². The van der Waals surface area contributed by atoms with Crippen molar-refractivity contribution in [1.82, 2.24) is 10.6 Å². The first-order valence-electron chi connectivity index (χ1n) is 8.63. The van der Waals surface area contributed by atoms with Crippen molar-refractivity contribution in [2.45, 2.75) is 25.4 Å². The van der Waals surface area contributed by atoms with Gasteiger partial charge in [0.1, 0.15) is 24.9 Å². The van der Waals surface area contributed by atoms with Gasteiger partial charge >= 0.3 is 17.9 Å². The number of amides is 2. The fourth-order valence-corrected chi connectivity index (χ4v) is 2.03. The Hall–Kier alpha value is -4.07. The van der Waals surface area contributed by atoms with Gasteiger partial charge in [-0.05, 0) is 12.1 Å². The monoisotopic (exact) mass is 440 g/mol. The molecular formula is C17H20N4O10. The number of nitro benzene ring substituents is 1. The number of benzene rings is 1. The van der Waals surface area contributed by atoms with Gasteiger partial charge in [-0.15, -0.1) is 0 Å². The van der Waals surface area contributed by atoms with Gasteiger partial charge in [-0.3, -0.25) is 29.3 Å². The van der Waals surface area contributed by atoms with Gasteiger partial charge in [0.25, 0.3) is 5.69 Å². The van der Waals surface area contributed by atoms with Crippen LogP contribution in [0.15, 0.2) is 24.3 Å². The van der Waals surface area contributed by atoms with Gasteiger partial charge in [0.05, 0.1) is 17.4 Å². The molecule has 2 amide bonds. The van der Waals surface area contributed by atoms with E-state index in [1.54, 1.807) is 0 Å². The van der Waals surface area contributed by atoms with Crippen LogP contribution in [0.25, 0.3) is 0 Å². The average molecular weight is 440 g/mol. The molecule has 14 nitrogen and oxygen atoms in total. The number of non-ortho nitro benzene ring substituents is 1. The van der Waals surface area contributed by atoms with Crippen LogP contribution in [0.5, 0.6) is 5.75 Å². The zero-order valence-corrected chi connectivity index (χ0v) is 16.2. The van der Waals surface area contributed by atoms with Crippen molar-refractivity contribution in [2.24, 2.45) is 5.73 Å². The summed E-state index contributed by atoms with van der Waals surface area (Å²) in [5.74, 6) is -4.94. The number of nitrogens with zero attached hydrogens (tertiary/aromatic N) is 1. The highest BCUT2D eigenvalue weighted by molar-refractivity contribution is 5.92. The molecule has 0 bridgehead atoms. The van der Waals surface area contributed by atoms with E-state index < -0.39 is 66.3 Å². The van der Waals surface area contributed by atoms with Crippen molar-refractivity contribution in [3.05, 3.63) is 34.4 Å². The van der Waals surface area contributed by atoms with Crippen LogP contribution in [-0.2, 0) is 28.7 Å². The summed E-state index contributed by atoms with van der Waals surface area (Å²) in [5.41, 5.74) is 5.20. The summed E-state index contributed by atoms with van der Waals surface area (Å²) in [6.45, 7) is -0.179. The van der Waals surface area contributed by atoms with Crippen LogP contribution < -0.4 is 21.1 Å². The zero-order chi connectivity index (χ0) is 23.6. The number of carbonyl (C=O) groups is 5. The first-order chi connectivity index (χ1) is 14.5. The highest BCUT2D eigenvalue weighted by Crippen LogP contribution is 2.17. The minimum absolute atomic E-state index is 0.00532. The number of nitrogens with two attached hydrogens (primary N) is 1. The lowest BCUT2D eigenvalue weighted by molar-refractivity contribution is -0.384. The zero-order valence-electron chi connectivity index (χ0n) is 16.2. The van der Waals surface area contributed by atoms with Crippen molar-refractivity contribution >= 4 is 35.4 Å². The number of carboxylic acid groups (broad SMARTS) is 1. The lowest BCUT2D eigenvalue weighted by Crippen LogP contribution is -2.54. The van der Waals surface area contributed by atoms with Gasteiger partial charge < -0.3 is 30.9 Å². The second-order valence-electron chi connectivity index (χ2n) is 6.01. The number of rotatable bonds is 11. The van der Waals surface area contributed by atoms with Crippen molar-refractivity contribution in [3.8, 4) is 5.75 Å². The number of nitrogens with one attached hydrogen (secondary N) is 2. The van der Waals surface area contributed by atoms with E-state index in [1.807, 2.05) is 0 Å². The predicted octanol–water partition coefficient (Wildman–Crippen LogP) is -1.53. The van der Waals surface area contributed by atoms with Crippen LogP contribution in [0.4, 0.5) is 5.69 Å². The third-order valence-corrected chi connectivity index (χ3v) is 3.50. The van der Waals surface area contributed by atoms with Gasteiger partial charge in [-0.1, -0.05) is 0 Å². The molecule has 1 rings (SSSR count). The molecule has 0 fully saturated rings. The van der Waals surface area contributed by atoms with Crippen LogP contribution in [0, 0.1) is 10.1 Å². The number of nitro groups is 1. The Labute approximate surface area is 174 Å². The molecule has 1 aromatic rings. The maximum absolute atomic E-state index is 12.3. The molecule has 0 heterocycles. The first kappa shape index (κ1) is 25.0. The second-order valence-corrected chi connectivity index (χ2v) is 6.01. The van der Waals surface area contributed by atoms with Gasteiger partial charge in [0.2, 0.25) is 11.8 Å². The fourth-order valence-electron chi connectivity index (χ4n) is 2.03. The summed E-state index contributed by atoms with van der Waals surface area (Å²) in [6, 6.07) is 1.69. The van der Waals surface area contributed by atoms with Crippen molar-refractivity contribution < 1.29 is 43.5 Å². The Morgan fingerprint density at radius 3 is 2.29 bits per heavy atom. The van der Waals surface area contributed by atoms with Gasteiger partial charge in [-0.2, -0.15) is 0 Å². The van der Waals surface area contributed by atoms with E-state index >= 15 is 0 Å². The Bertz CT molecular complexity index is 855. The normalized spacial score (nSPS) is 12.1. The molecule has 0 unspecified atom stereocenters. The standard InChI is InChI=1S/C17H20N4O10/c1-9(22)30-8-13(20-16(26)12(18)6-14(23)24)17(27)19-7-15(25)31-11-4-2-10(3-5-11)21(28)29/h2-5,12-13H,6-8,18H2,1H3,(H,19,27)(H,20,26)(H,23,24)/t12-,13+/m1/s1. The molecule has 0 aliphatic carbocycles. The van der Waals surface area contributed by atoms with Crippen molar-refractivity contribution in [3.63, 3.8) is 0 Å². The Morgan fingerprint density at radius 1 is 1.16 bits per heavy atom. The number of hydrogen-bond donors (Lipinski definition) is 4. The smallest absolute Gasteiger partial charge is 0.330 e. The molecule has 0 spiro atoms. The summed E-state index contributed by atoms with van der Waals surface area (Å²) < 4.78 is 9.58. The highest BCUT2D eigenvalue weighted by Gasteiger charge is 2.26. The van der Waals surface area contributed by atoms with E-state index in [4.69, 9.17) is 15.6 Å². The summed E-state index contributed by atoms with van der Waals surface area (Å²) in [6.07, 6.45) is -0.699. The predicted molar refractivity (Wildman–Crippen MR) is 101 cm³/mol. The van der Waals surface area contributed by atoms with Gasteiger partial charge in [0, 0.05) is 19.1 Å². The molecule has 5 N–H and O–H groups in total. The number of esters is 2. The van der Waals surface area contributed by atoms with Crippen LogP contribution >= 0.6 is 0 Å². The first-order valence-corrected chi connectivity index (χ1v) is 8.63. The molecule has 0 aliphatic heterocycles. The number of ether oxygens (including phenoxy) is 2. The third kappa shape index (κ3) is 9.31. The molecule has 0 aliphatic rings. The molecule has 0 saturated heterocycles. The highest BCUT2D eigenvalue weighted by atomic mass is 16.6. The maximum Gasteiger partial charge on any atom is 0.330 e. The SMILES string of the molecule is CC(=O)OC[C@H](NC(=O)[C@H](N)CC(=O)O)C(=O)NCC(=O)Oc1ccc([N+](=O)[O-])cc1. The molecule has 168 valence electrons. The quantitative estimate of drug-likeness (QED) is 0.134. The number of carbonyl (C=O) groups excluding carboxylic acids is 4. The Balaban J connectivity index is 2.66. The van der Waals surface area contributed by atoms with Crippen molar-refractivity contribution in [1.29, 1.82) is 0 Å².